The lowest BCUT2D eigenvalue weighted by molar-refractivity contribution is -0.266. The van der Waals surface area contributed by atoms with Crippen molar-refractivity contribution in [3.05, 3.63) is 59.1 Å². The molecule has 146 valence electrons. The number of Topliss-reactive ketones (excluding diaryl/α,β-unsaturated/α-hetero) is 1. The van der Waals surface area contributed by atoms with Crippen LogP contribution in [0.4, 0.5) is 18.9 Å². The first-order chi connectivity index (χ1) is 13.1. The molecule has 0 fully saturated rings. The first kappa shape index (κ1) is 20.0. The molecule has 0 aliphatic carbocycles. The summed E-state index contributed by atoms with van der Waals surface area (Å²) in [4.78, 5) is 27.5. The number of hydrogen-bond donors (Lipinski definition) is 2. The fourth-order valence-corrected chi connectivity index (χ4v) is 3.67. The van der Waals surface area contributed by atoms with Gasteiger partial charge in [0.15, 0.2) is 5.78 Å². The van der Waals surface area contributed by atoms with Gasteiger partial charge in [0, 0.05) is 11.3 Å². The zero-order valence-electron chi connectivity index (χ0n) is 14.6. The lowest BCUT2D eigenvalue weighted by atomic mass is 9.99. The third-order valence-corrected chi connectivity index (χ3v) is 5.27. The Morgan fingerprint density at radius 3 is 2.50 bits per heavy atom. The van der Waals surface area contributed by atoms with Crippen molar-refractivity contribution in [1.29, 1.82) is 0 Å². The second-order valence-electron chi connectivity index (χ2n) is 6.21. The van der Waals surface area contributed by atoms with Gasteiger partial charge in [-0.15, -0.1) is 11.3 Å². The Morgan fingerprint density at radius 2 is 1.86 bits per heavy atom. The van der Waals surface area contributed by atoms with Gasteiger partial charge in [-0.1, -0.05) is 24.3 Å². The number of aliphatic hydroxyl groups is 1. The molecular weight excluding hydrogens is 393 g/mol. The van der Waals surface area contributed by atoms with Crippen LogP contribution >= 0.6 is 11.3 Å². The number of nitrogens with one attached hydrogen (secondary N) is 1. The standard InChI is InChI=1S/C19H15F3N2O3S/c1-11(25)12-5-4-6-13(9-12)23-16(26)10-18(27,19(20,21)22)17-24-14-7-2-3-8-15(14)28-17/h2-9,27H,10H2,1H3,(H,23,26). The minimum Gasteiger partial charge on any atom is -0.374 e. The van der Waals surface area contributed by atoms with Crippen LogP contribution in [0.1, 0.15) is 28.7 Å². The maximum atomic E-state index is 13.7. The Hall–Kier alpha value is -2.78. The van der Waals surface area contributed by atoms with Gasteiger partial charge < -0.3 is 10.4 Å². The molecule has 1 unspecified atom stereocenters. The smallest absolute Gasteiger partial charge is 0.374 e. The highest BCUT2D eigenvalue weighted by Gasteiger charge is 2.58. The molecular formula is C19H15F3N2O3S. The van der Waals surface area contributed by atoms with Crippen molar-refractivity contribution in [2.45, 2.75) is 25.1 Å². The molecule has 9 heteroatoms. The summed E-state index contributed by atoms with van der Waals surface area (Å²) in [5.41, 5.74) is -2.67. The van der Waals surface area contributed by atoms with Crippen molar-refractivity contribution >= 4 is 38.9 Å². The molecule has 1 aromatic heterocycles. The highest BCUT2D eigenvalue weighted by molar-refractivity contribution is 7.18. The van der Waals surface area contributed by atoms with Crippen LogP contribution in [-0.4, -0.2) is 28.0 Å². The number of carbonyl (C=O) groups is 2. The molecule has 0 aliphatic heterocycles. The summed E-state index contributed by atoms with van der Waals surface area (Å²) in [7, 11) is 0. The van der Waals surface area contributed by atoms with Crippen molar-refractivity contribution in [2.75, 3.05) is 5.32 Å². The van der Waals surface area contributed by atoms with E-state index in [9.17, 15) is 27.9 Å². The van der Waals surface area contributed by atoms with E-state index in [1.165, 1.54) is 37.3 Å². The molecule has 0 spiro atoms. The van der Waals surface area contributed by atoms with E-state index in [1.807, 2.05) is 0 Å². The summed E-state index contributed by atoms with van der Waals surface area (Å²) >= 11 is 0.680. The molecule has 0 bridgehead atoms. The van der Waals surface area contributed by atoms with Gasteiger partial charge in [-0.2, -0.15) is 13.2 Å². The second kappa shape index (κ2) is 7.33. The number of anilines is 1. The summed E-state index contributed by atoms with van der Waals surface area (Å²) in [5, 5.41) is 12.1. The highest BCUT2D eigenvalue weighted by atomic mass is 32.1. The van der Waals surface area contributed by atoms with E-state index >= 15 is 0 Å². The van der Waals surface area contributed by atoms with Crippen LogP contribution in [0.3, 0.4) is 0 Å². The SMILES string of the molecule is CC(=O)c1cccc(NC(=O)CC(O)(c2nc3ccccc3s2)C(F)(F)F)c1. The van der Waals surface area contributed by atoms with E-state index in [0.29, 0.717) is 27.1 Å². The van der Waals surface area contributed by atoms with Crippen LogP contribution in [0.5, 0.6) is 0 Å². The number of ketones is 1. The normalized spacial score (nSPS) is 13.9. The Kier molecular flexibility index (Phi) is 5.22. The summed E-state index contributed by atoms with van der Waals surface area (Å²) in [6.07, 6.45) is -6.37. The molecule has 1 heterocycles. The van der Waals surface area contributed by atoms with E-state index in [0.717, 1.165) is 0 Å². The molecule has 28 heavy (non-hydrogen) atoms. The average Bonchev–Trinajstić information content (AvgIpc) is 3.05. The Balaban J connectivity index is 1.89. The number of rotatable bonds is 5. The van der Waals surface area contributed by atoms with Crippen molar-refractivity contribution in [1.82, 2.24) is 4.98 Å². The van der Waals surface area contributed by atoms with Crippen molar-refractivity contribution in [3.8, 4) is 0 Å². The van der Waals surface area contributed by atoms with E-state index in [-0.39, 0.29) is 11.5 Å². The number of fused-ring (bicyclic) bond motifs is 1. The lowest BCUT2D eigenvalue weighted by Gasteiger charge is -2.27. The number of alkyl halides is 3. The van der Waals surface area contributed by atoms with Gasteiger partial charge in [-0.25, -0.2) is 4.98 Å². The Labute approximate surface area is 161 Å². The predicted molar refractivity (Wildman–Crippen MR) is 99.3 cm³/mol. The van der Waals surface area contributed by atoms with Crippen LogP contribution in [0.15, 0.2) is 48.5 Å². The zero-order chi connectivity index (χ0) is 20.5. The Bertz CT molecular complexity index is 1020. The number of nitrogens with zero attached hydrogens (tertiary/aromatic N) is 1. The fourth-order valence-electron chi connectivity index (χ4n) is 2.60. The summed E-state index contributed by atoms with van der Waals surface area (Å²) in [6, 6.07) is 12.2. The number of para-hydroxylation sites is 1. The molecule has 3 rings (SSSR count). The van der Waals surface area contributed by atoms with Gasteiger partial charge in [0.2, 0.25) is 11.5 Å². The van der Waals surface area contributed by atoms with Crippen LogP contribution < -0.4 is 5.32 Å². The van der Waals surface area contributed by atoms with Crippen LogP contribution in [0.25, 0.3) is 10.2 Å². The van der Waals surface area contributed by atoms with E-state index < -0.39 is 29.1 Å². The zero-order valence-corrected chi connectivity index (χ0v) is 15.4. The van der Waals surface area contributed by atoms with E-state index in [4.69, 9.17) is 0 Å². The van der Waals surface area contributed by atoms with Gasteiger partial charge >= 0.3 is 6.18 Å². The summed E-state index contributed by atoms with van der Waals surface area (Å²) in [6.45, 7) is 1.33. The molecule has 0 radical (unpaired) electrons. The fraction of sp³-hybridized carbons (Fsp3) is 0.211. The maximum Gasteiger partial charge on any atom is 0.424 e. The number of halogens is 3. The number of benzene rings is 2. The molecule has 0 aliphatic rings. The third-order valence-electron chi connectivity index (χ3n) is 4.09. The highest BCUT2D eigenvalue weighted by Crippen LogP contribution is 2.44. The van der Waals surface area contributed by atoms with E-state index in [1.54, 1.807) is 18.2 Å². The van der Waals surface area contributed by atoms with Crippen LogP contribution in [-0.2, 0) is 10.4 Å². The topological polar surface area (TPSA) is 79.3 Å². The molecule has 1 atom stereocenters. The van der Waals surface area contributed by atoms with E-state index in [2.05, 4.69) is 10.3 Å². The third kappa shape index (κ3) is 3.90. The quantitative estimate of drug-likeness (QED) is 0.618. The number of thiazole rings is 1. The molecule has 0 saturated carbocycles. The number of aromatic nitrogens is 1. The van der Waals surface area contributed by atoms with Gasteiger partial charge in [-0.3, -0.25) is 9.59 Å². The summed E-state index contributed by atoms with van der Waals surface area (Å²) < 4.78 is 41.5. The van der Waals surface area contributed by atoms with Gasteiger partial charge in [-0.05, 0) is 31.2 Å². The van der Waals surface area contributed by atoms with Gasteiger partial charge in [0.05, 0.1) is 16.6 Å². The number of carbonyl (C=O) groups excluding carboxylic acids is 2. The average molecular weight is 408 g/mol. The molecule has 2 N–H and O–H groups in total. The van der Waals surface area contributed by atoms with Crippen LogP contribution in [0, 0.1) is 0 Å². The van der Waals surface area contributed by atoms with Crippen molar-refractivity contribution in [3.63, 3.8) is 0 Å². The molecule has 0 saturated heterocycles. The maximum absolute atomic E-state index is 13.7. The molecule has 2 aromatic carbocycles. The minimum absolute atomic E-state index is 0.159. The van der Waals surface area contributed by atoms with Crippen LogP contribution in [0.2, 0.25) is 0 Å². The Morgan fingerprint density at radius 1 is 1.14 bits per heavy atom. The minimum atomic E-state index is -5.11. The molecule has 1 amide bonds. The first-order valence-electron chi connectivity index (χ1n) is 8.16. The molecule has 3 aromatic rings. The van der Waals surface area contributed by atoms with Gasteiger partial charge in [0.25, 0.3) is 0 Å². The molecule has 5 nitrogen and oxygen atoms in total. The number of amides is 1. The van der Waals surface area contributed by atoms with Gasteiger partial charge in [0.1, 0.15) is 5.01 Å². The first-order valence-corrected chi connectivity index (χ1v) is 8.98. The second-order valence-corrected chi connectivity index (χ2v) is 7.24. The number of hydrogen-bond acceptors (Lipinski definition) is 5. The monoisotopic (exact) mass is 408 g/mol. The summed E-state index contributed by atoms with van der Waals surface area (Å²) in [5.74, 6) is -1.31. The predicted octanol–water partition coefficient (Wildman–Crippen LogP) is 4.28. The lowest BCUT2D eigenvalue weighted by Crippen LogP contribution is -2.45. The van der Waals surface area contributed by atoms with Crippen molar-refractivity contribution in [2.24, 2.45) is 0 Å². The largest absolute Gasteiger partial charge is 0.424 e. The van der Waals surface area contributed by atoms with Crippen molar-refractivity contribution < 1.29 is 27.9 Å².